The van der Waals surface area contributed by atoms with Gasteiger partial charge >= 0.3 is 0 Å². The number of hydrogen-bond acceptors (Lipinski definition) is 4. The number of likely N-dealkylation sites (tertiary alicyclic amines) is 1. The highest BCUT2D eigenvalue weighted by Gasteiger charge is 2.18. The number of methoxy groups -OCH3 is 2. The Labute approximate surface area is 128 Å². The molecule has 4 heteroatoms. The Morgan fingerprint density at radius 1 is 1.14 bits per heavy atom. The van der Waals surface area contributed by atoms with Gasteiger partial charge in [0.2, 0.25) is 0 Å². The molecular weight excluding hydrogens is 264 g/mol. The van der Waals surface area contributed by atoms with Crippen LogP contribution in [0.25, 0.3) is 0 Å². The van der Waals surface area contributed by atoms with Crippen molar-refractivity contribution in [2.24, 2.45) is 0 Å². The van der Waals surface area contributed by atoms with E-state index in [0.29, 0.717) is 6.04 Å². The van der Waals surface area contributed by atoms with Crippen molar-refractivity contribution in [3.05, 3.63) is 23.8 Å². The molecule has 1 fully saturated rings. The molecule has 0 aromatic heterocycles. The number of piperidine rings is 1. The van der Waals surface area contributed by atoms with Crippen molar-refractivity contribution in [3.63, 3.8) is 0 Å². The summed E-state index contributed by atoms with van der Waals surface area (Å²) in [6, 6.07) is 6.90. The van der Waals surface area contributed by atoms with Gasteiger partial charge in [0.1, 0.15) is 0 Å². The molecule has 2 rings (SSSR count). The van der Waals surface area contributed by atoms with E-state index in [1.165, 1.54) is 24.8 Å². The summed E-state index contributed by atoms with van der Waals surface area (Å²) in [5, 5.41) is 3.63. The molecule has 1 heterocycles. The lowest BCUT2D eigenvalue weighted by molar-refractivity contribution is 0.190. The largest absolute Gasteiger partial charge is 0.493 e. The molecule has 1 N–H and O–H groups in total. The molecule has 4 nitrogen and oxygen atoms in total. The third-order valence-corrected chi connectivity index (χ3v) is 4.12. The summed E-state index contributed by atoms with van der Waals surface area (Å²) < 4.78 is 10.7. The Kier molecular flexibility index (Phi) is 6.33. The minimum absolute atomic E-state index is 0.701. The van der Waals surface area contributed by atoms with Crippen LogP contribution in [0.2, 0.25) is 0 Å². The summed E-state index contributed by atoms with van der Waals surface area (Å²) in [6.07, 6.45) is 3.70. The van der Waals surface area contributed by atoms with Crippen LogP contribution in [0.15, 0.2) is 18.2 Å². The fourth-order valence-corrected chi connectivity index (χ4v) is 2.88. The van der Waals surface area contributed by atoms with Crippen molar-refractivity contribution >= 4 is 0 Å². The van der Waals surface area contributed by atoms with Crippen LogP contribution in [0.1, 0.15) is 31.7 Å². The number of rotatable bonds is 7. The van der Waals surface area contributed by atoms with Crippen LogP contribution in [0.4, 0.5) is 0 Å². The topological polar surface area (TPSA) is 33.7 Å². The van der Waals surface area contributed by atoms with Crippen LogP contribution in [0.5, 0.6) is 11.5 Å². The third kappa shape index (κ3) is 4.61. The first-order valence-corrected chi connectivity index (χ1v) is 7.93. The van der Waals surface area contributed by atoms with Crippen molar-refractivity contribution in [1.29, 1.82) is 0 Å². The lowest BCUT2D eigenvalue weighted by Crippen LogP contribution is -2.42. The van der Waals surface area contributed by atoms with Gasteiger partial charge in [-0.3, -0.25) is 4.90 Å². The zero-order valence-corrected chi connectivity index (χ0v) is 13.5. The van der Waals surface area contributed by atoms with Gasteiger partial charge < -0.3 is 14.8 Å². The van der Waals surface area contributed by atoms with Gasteiger partial charge in [0.25, 0.3) is 0 Å². The van der Waals surface area contributed by atoms with Crippen LogP contribution in [0.3, 0.4) is 0 Å². The van der Waals surface area contributed by atoms with E-state index in [4.69, 9.17) is 9.47 Å². The molecule has 0 unspecified atom stereocenters. The Balaban J connectivity index is 1.86. The van der Waals surface area contributed by atoms with Gasteiger partial charge in [0.15, 0.2) is 11.5 Å². The molecular formula is C17H28N2O2. The molecule has 21 heavy (non-hydrogen) atoms. The van der Waals surface area contributed by atoms with E-state index in [1.54, 1.807) is 14.2 Å². The van der Waals surface area contributed by atoms with Crippen LogP contribution < -0.4 is 14.8 Å². The summed E-state index contributed by atoms with van der Waals surface area (Å²) in [6.45, 7) is 6.67. The maximum Gasteiger partial charge on any atom is 0.161 e. The number of nitrogens with zero attached hydrogens (tertiary/aromatic N) is 1. The van der Waals surface area contributed by atoms with Crippen molar-refractivity contribution in [2.75, 3.05) is 33.9 Å². The number of hydrogen-bond donors (Lipinski definition) is 1. The minimum atomic E-state index is 0.701. The molecule has 0 radical (unpaired) electrons. The van der Waals surface area contributed by atoms with Gasteiger partial charge in [-0.2, -0.15) is 0 Å². The molecule has 0 spiro atoms. The van der Waals surface area contributed by atoms with E-state index in [0.717, 1.165) is 37.7 Å². The van der Waals surface area contributed by atoms with Gasteiger partial charge in [-0.1, -0.05) is 13.0 Å². The Hall–Kier alpha value is -1.26. The average Bonchev–Trinajstić information content (AvgIpc) is 2.54. The van der Waals surface area contributed by atoms with Crippen molar-refractivity contribution in [2.45, 2.75) is 38.8 Å². The molecule has 1 aromatic carbocycles. The van der Waals surface area contributed by atoms with Gasteiger partial charge in [0, 0.05) is 12.6 Å². The lowest BCUT2D eigenvalue weighted by Gasteiger charge is -2.32. The first kappa shape index (κ1) is 16.1. The van der Waals surface area contributed by atoms with Crippen molar-refractivity contribution in [1.82, 2.24) is 10.2 Å². The van der Waals surface area contributed by atoms with Crippen molar-refractivity contribution in [3.8, 4) is 11.5 Å². The van der Waals surface area contributed by atoms with Crippen LogP contribution in [-0.4, -0.2) is 44.8 Å². The molecule has 0 atom stereocenters. The molecule has 1 aromatic rings. The predicted octanol–water partition coefficient (Wildman–Crippen LogP) is 2.67. The maximum absolute atomic E-state index is 5.37. The summed E-state index contributed by atoms with van der Waals surface area (Å²) in [5.41, 5.74) is 1.28. The Bertz CT molecular complexity index is 429. The van der Waals surface area contributed by atoms with E-state index in [1.807, 2.05) is 6.07 Å². The smallest absolute Gasteiger partial charge is 0.161 e. The highest BCUT2D eigenvalue weighted by molar-refractivity contribution is 5.42. The second-order valence-electron chi connectivity index (χ2n) is 5.69. The van der Waals surface area contributed by atoms with Crippen LogP contribution >= 0.6 is 0 Å². The molecule has 1 aliphatic heterocycles. The van der Waals surface area contributed by atoms with E-state index < -0.39 is 0 Å². The maximum atomic E-state index is 5.37. The summed E-state index contributed by atoms with van der Waals surface area (Å²) in [5.74, 6) is 1.61. The number of nitrogens with one attached hydrogen (secondary N) is 1. The highest BCUT2D eigenvalue weighted by atomic mass is 16.5. The molecule has 0 amide bonds. The predicted molar refractivity (Wildman–Crippen MR) is 86.1 cm³/mol. The zero-order chi connectivity index (χ0) is 15.1. The average molecular weight is 292 g/mol. The first-order chi connectivity index (χ1) is 10.3. The summed E-state index contributed by atoms with van der Waals surface area (Å²) >= 11 is 0. The SMILES string of the molecule is CCCNC1CCN(Cc2ccc(OC)c(OC)c2)CC1. The molecule has 1 aliphatic rings. The van der Waals surface area contributed by atoms with E-state index in [9.17, 15) is 0 Å². The molecule has 1 saturated heterocycles. The zero-order valence-electron chi connectivity index (χ0n) is 13.5. The normalized spacial score (nSPS) is 16.9. The third-order valence-electron chi connectivity index (χ3n) is 4.12. The van der Waals surface area contributed by atoms with Crippen molar-refractivity contribution < 1.29 is 9.47 Å². The Morgan fingerprint density at radius 3 is 2.48 bits per heavy atom. The van der Waals surface area contributed by atoms with E-state index >= 15 is 0 Å². The fraction of sp³-hybridized carbons (Fsp3) is 0.647. The highest BCUT2D eigenvalue weighted by Crippen LogP contribution is 2.28. The fourth-order valence-electron chi connectivity index (χ4n) is 2.88. The quantitative estimate of drug-likeness (QED) is 0.838. The van der Waals surface area contributed by atoms with E-state index in [-0.39, 0.29) is 0 Å². The number of benzene rings is 1. The molecule has 0 bridgehead atoms. The van der Waals surface area contributed by atoms with E-state index in [2.05, 4.69) is 29.3 Å². The molecule has 0 aliphatic carbocycles. The monoisotopic (exact) mass is 292 g/mol. The number of ether oxygens (including phenoxy) is 2. The minimum Gasteiger partial charge on any atom is -0.493 e. The second kappa shape index (κ2) is 8.25. The standard InChI is InChI=1S/C17H28N2O2/c1-4-9-18-15-7-10-19(11-8-15)13-14-5-6-16(20-2)17(12-14)21-3/h5-6,12,15,18H,4,7-11,13H2,1-3H3. The second-order valence-corrected chi connectivity index (χ2v) is 5.69. The van der Waals surface area contributed by atoms with Crippen LogP contribution in [-0.2, 0) is 6.54 Å². The van der Waals surface area contributed by atoms with Gasteiger partial charge in [-0.05, 0) is 56.6 Å². The van der Waals surface area contributed by atoms with Crippen LogP contribution in [0, 0.1) is 0 Å². The molecule has 0 saturated carbocycles. The summed E-state index contributed by atoms with van der Waals surface area (Å²) in [7, 11) is 3.36. The Morgan fingerprint density at radius 2 is 1.86 bits per heavy atom. The lowest BCUT2D eigenvalue weighted by atomic mass is 10.0. The molecule has 118 valence electrons. The van der Waals surface area contributed by atoms with Gasteiger partial charge in [-0.15, -0.1) is 0 Å². The summed E-state index contributed by atoms with van der Waals surface area (Å²) in [4.78, 5) is 2.52. The van der Waals surface area contributed by atoms with Gasteiger partial charge in [0.05, 0.1) is 14.2 Å². The first-order valence-electron chi connectivity index (χ1n) is 7.93. The van der Waals surface area contributed by atoms with Gasteiger partial charge in [-0.25, -0.2) is 0 Å².